The lowest BCUT2D eigenvalue weighted by Crippen LogP contribution is -2.47. The lowest BCUT2D eigenvalue weighted by Gasteiger charge is -2.16. The van der Waals surface area contributed by atoms with Crippen molar-refractivity contribution in [2.24, 2.45) is 0 Å². The fraction of sp³-hybridized carbons (Fsp3) is 0.583. The molecule has 2 atom stereocenters. The number of aliphatic carboxylic acids is 1. The van der Waals surface area contributed by atoms with E-state index in [-0.39, 0.29) is 11.3 Å². The molecule has 0 fully saturated rings. The van der Waals surface area contributed by atoms with Gasteiger partial charge in [0, 0.05) is 24.0 Å². The Morgan fingerprint density at radius 3 is 2.60 bits per heavy atom. The van der Waals surface area contributed by atoms with Crippen molar-refractivity contribution in [3.63, 3.8) is 0 Å². The standard InChI is InChI=1S/C12H18N2O5S/c1-7-6-20-12(19)14(7)5-3-4-9(16)13-10(8(2)15)11(17)18/h6,8,10,15H,3-5H2,1-2H3,(H,13,16)(H,17,18)/t8-,10+/m1/s1. The van der Waals surface area contributed by atoms with Gasteiger partial charge in [-0.3, -0.25) is 9.59 Å². The van der Waals surface area contributed by atoms with E-state index in [0.29, 0.717) is 13.0 Å². The fourth-order valence-corrected chi connectivity index (χ4v) is 2.47. The Balaban J connectivity index is 2.44. The zero-order valence-electron chi connectivity index (χ0n) is 11.3. The van der Waals surface area contributed by atoms with Crippen LogP contribution < -0.4 is 10.2 Å². The summed E-state index contributed by atoms with van der Waals surface area (Å²) < 4.78 is 1.57. The maximum Gasteiger partial charge on any atom is 0.328 e. The first-order chi connectivity index (χ1) is 9.32. The summed E-state index contributed by atoms with van der Waals surface area (Å²) in [4.78, 5) is 33.8. The van der Waals surface area contributed by atoms with Crippen LogP contribution in [0.1, 0.15) is 25.5 Å². The van der Waals surface area contributed by atoms with Gasteiger partial charge in [-0.1, -0.05) is 11.3 Å². The van der Waals surface area contributed by atoms with E-state index in [2.05, 4.69) is 5.32 Å². The van der Waals surface area contributed by atoms with Gasteiger partial charge >= 0.3 is 10.8 Å². The van der Waals surface area contributed by atoms with Crippen LogP contribution in [-0.2, 0) is 16.1 Å². The Morgan fingerprint density at radius 2 is 2.15 bits per heavy atom. The van der Waals surface area contributed by atoms with Crippen molar-refractivity contribution in [2.45, 2.75) is 45.4 Å². The number of hydrogen-bond acceptors (Lipinski definition) is 5. The number of nitrogens with zero attached hydrogens (tertiary/aromatic N) is 1. The smallest absolute Gasteiger partial charge is 0.328 e. The predicted molar refractivity (Wildman–Crippen MR) is 73.8 cm³/mol. The number of aliphatic hydroxyl groups is 1. The van der Waals surface area contributed by atoms with Gasteiger partial charge in [-0.05, 0) is 20.3 Å². The molecule has 1 aromatic rings. The molecule has 0 saturated carbocycles. The zero-order chi connectivity index (χ0) is 15.3. The average Bonchev–Trinajstić information content (AvgIpc) is 2.66. The lowest BCUT2D eigenvalue weighted by atomic mass is 10.1. The van der Waals surface area contributed by atoms with Gasteiger partial charge in [0.05, 0.1) is 6.10 Å². The summed E-state index contributed by atoms with van der Waals surface area (Å²) in [6.07, 6.45) is -0.647. The fourth-order valence-electron chi connectivity index (χ4n) is 1.71. The molecular formula is C12H18N2O5S. The normalized spacial score (nSPS) is 13.8. The van der Waals surface area contributed by atoms with Gasteiger partial charge in [-0.25, -0.2) is 4.79 Å². The number of aryl methyl sites for hydroxylation is 1. The molecule has 1 aromatic heterocycles. The topological polar surface area (TPSA) is 109 Å². The average molecular weight is 302 g/mol. The van der Waals surface area contributed by atoms with E-state index in [4.69, 9.17) is 5.11 Å². The molecule has 0 aromatic carbocycles. The highest BCUT2D eigenvalue weighted by Crippen LogP contribution is 2.03. The van der Waals surface area contributed by atoms with Crippen molar-refractivity contribution in [1.29, 1.82) is 0 Å². The molecule has 0 saturated heterocycles. The molecule has 7 nitrogen and oxygen atoms in total. The molecule has 0 aliphatic heterocycles. The largest absolute Gasteiger partial charge is 0.480 e. The van der Waals surface area contributed by atoms with Crippen LogP contribution in [0.4, 0.5) is 0 Å². The van der Waals surface area contributed by atoms with Gasteiger partial charge in [0.1, 0.15) is 0 Å². The van der Waals surface area contributed by atoms with Crippen molar-refractivity contribution in [3.8, 4) is 0 Å². The van der Waals surface area contributed by atoms with E-state index in [9.17, 15) is 19.5 Å². The summed E-state index contributed by atoms with van der Waals surface area (Å²) in [7, 11) is 0. The second kappa shape index (κ2) is 7.20. The second-order valence-electron chi connectivity index (χ2n) is 4.52. The van der Waals surface area contributed by atoms with Crippen LogP contribution in [0.2, 0.25) is 0 Å². The van der Waals surface area contributed by atoms with Gasteiger partial charge in [0.15, 0.2) is 6.04 Å². The molecule has 112 valence electrons. The minimum atomic E-state index is -1.31. The van der Waals surface area contributed by atoms with Crippen LogP contribution in [0, 0.1) is 6.92 Å². The minimum Gasteiger partial charge on any atom is -0.480 e. The third-order valence-electron chi connectivity index (χ3n) is 2.83. The van der Waals surface area contributed by atoms with Crippen molar-refractivity contribution >= 4 is 23.2 Å². The van der Waals surface area contributed by atoms with Crippen molar-refractivity contribution < 1.29 is 19.8 Å². The highest BCUT2D eigenvalue weighted by atomic mass is 32.1. The Kier molecular flexibility index (Phi) is 5.90. The Labute approximate surface area is 119 Å². The quantitative estimate of drug-likeness (QED) is 0.654. The van der Waals surface area contributed by atoms with E-state index < -0.39 is 24.0 Å². The summed E-state index contributed by atoms with van der Waals surface area (Å²) in [6.45, 7) is 3.52. The van der Waals surface area contributed by atoms with Crippen molar-refractivity contribution in [3.05, 3.63) is 20.7 Å². The summed E-state index contributed by atoms with van der Waals surface area (Å²) in [5, 5.41) is 22.1. The third-order valence-corrected chi connectivity index (χ3v) is 3.71. The number of carboxylic acid groups (broad SMARTS) is 1. The zero-order valence-corrected chi connectivity index (χ0v) is 12.1. The second-order valence-corrected chi connectivity index (χ2v) is 5.34. The van der Waals surface area contributed by atoms with Crippen LogP contribution in [0.5, 0.6) is 0 Å². The number of aliphatic hydroxyl groups excluding tert-OH is 1. The van der Waals surface area contributed by atoms with E-state index in [1.807, 2.05) is 6.92 Å². The van der Waals surface area contributed by atoms with E-state index in [0.717, 1.165) is 17.0 Å². The van der Waals surface area contributed by atoms with Gasteiger partial charge in [-0.15, -0.1) is 0 Å². The summed E-state index contributed by atoms with van der Waals surface area (Å²) >= 11 is 1.10. The third kappa shape index (κ3) is 4.46. The number of carbonyl (C=O) groups excluding carboxylic acids is 1. The number of thiazole rings is 1. The van der Waals surface area contributed by atoms with Crippen molar-refractivity contribution in [2.75, 3.05) is 0 Å². The van der Waals surface area contributed by atoms with E-state index >= 15 is 0 Å². The molecular weight excluding hydrogens is 284 g/mol. The van der Waals surface area contributed by atoms with Gasteiger partial charge < -0.3 is 20.1 Å². The Hall–Kier alpha value is -1.67. The Morgan fingerprint density at radius 1 is 1.50 bits per heavy atom. The number of carboxylic acids is 1. The number of amides is 1. The van der Waals surface area contributed by atoms with Crippen LogP contribution in [0.3, 0.4) is 0 Å². The van der Waals surface area contributed by atoms with Gasteiger partial charge in [-0.2, -0.15) is 0 Å². The van der Waals surface area contributed by atoms with Crippen molar-refractivity contribution in [1.82, 2.24) is 9.88 Å². The lowest BCUT2D eigenvalue weighted by molar-refractivity contribution is -0.144. The maximum absolute atomic E-state index is 11.6. The number of aromatic nitrogens is 1. The van der Waals surface area contributed by atoms with E-state index in [1.54, 1.807) is 9.95 Å². The molecule has 0 radical (unpaired) electrons. The number of rotatable bonds is 7. The molecule has 1 heterocycles. The van der Waals surface area contributed by atoms with Crippen LogP contribution in [-0.4, -0.2) is 38.8 Å². The molecule has 0 unspecified atom stereocenters. The van der Waals surface area contributed by atoms with Gasteiger partial charge in [0.25, 0.3) is 0 Å². The molecule has 1 rings (SSSR count). The van der Waals surface area contributed by atoms with Crippen LogP contribution in [0.15, 0.2) is 10.2 Å². The van der Waals surface area contributed by atoms with E-state index in [1.165, 1.54) is 6.92 Å². The van der Waals surface area contributed by atoms with Crippen LogP contribution >= 0.6 is 11.3 Å². The monoisotopic (exact) mass is 302 g/mol. The summed E-state index contributed by atoms with van der Waals surface area (Å²) in [5.74, 6) is -1.74. The predicted octanol–water partition coefficient (Wildman–Crippen LogP) is -0.0514. The number of carbonyl (C=O) groups is 2. The van der Waals surface area contributed by atoms with Gasteiger partial charge in [0.2, 0.25) is 5.91 Å². The first kappa shape index (κ1) is 16.4. The highest BCUT2D eigenvalue weighted by Gasteiger charge is 2.24. The molecule has 1 amide bonds. The Bertz CT molecular complexity index is 534. The molecule has 8 heteroatoms. The molecule has 0 bridgehead atoms. The number of hydrogen-bond donors (Lipinski definition) is 3. The summed E-state index contributed by atoms with van der Waals surface area (Å²) in [6, 6.07) is -1.31. The van der Waals surface area contributed by atoms with Crippen LogP contribution in [0.25, 0.3) is 0 Å². The maximum atomic E-state index is 11.6. The highest BCUT2D eigenvalue weighted by molar-refractivity contribution is 7.07. The molecule has 20 heavy (non-hydrogen) atoms. The molecule has 0 spiro atoms. The SMILES string of the molecule is Cc1csc(=O)n1CCCC(=O)N[C@H](C(=O)O)[C@@H](C)O. The molecule has 3 N–H and O–H groups in total. The molecule has 0 aliphatic rings. The first-order valence-corrected chi connectivity index (χ1v) is 7.06. The minimum absolute atomic E-state index is 0.0738. The molecule has 0 aliphatic carbocycles. The number of nitrogens with one attached hydrogen (secondary N) is 1. The first-order valence-electron chi connectivity index (χ1n) is 6.18. The summed E-state index contributed by atoms with van der Waals surface area (Å²) in [5.41, 5.74) is 0.841.